The van der Waals surface area contributed by atoms with E-state index in [9.17, 15) is 26.4 Å². The molecule has 0 aliphatic rings. The average Bonchev–Trinajstić information content (AvgIpc) is 3.38. The molecule has 0 amide bonds. The van der Waals surface area contributed by atoms with Crippen molar-refractivity contribution in [1.82, 2.24) is 14.5 Å². The largest absolute Gasteiger partial charge is 0.516 e. The van der Waals surface area contributed by atoms with Gasteiger partial charge in [0.15, 0.2) is 10.8 Å². The molecule has 0 aliphatic heterocycles. The molecule has 14 heteroatoms. The number of esters is 1. The molecule has 0 aliphatic carbocycles. The van der Waals surface area contributed by atoms with Gasteiger partial charge in [0, 0.05) is 29.4 Å². The number of nitrogens with one attached hydrogen (secondary N) is 2. The molecule has 0 radical (unpaired) electrons. The summed E-state index contributed by atoms with van der Waals surface area (Å²) in [5, 5.41) is 0.758. The second-order valence-electron chi connectivity index (χ2n) is 8.87. The Kier molecular flexibility index (Phi) is 8.86. The Morgan fingerprint density at radius 1 is 1.20 bits per heavy atom. The van der Waals surface area contributed by atoms with Gasteiger partial charge in [0.05, 0.1) is 22.5 Å². The highest BCUT2D eigenvalue weighted by atomic mass is 79.9. The van der Waals surface area contributed by atoms with E-state index in [4.69, 9.17) is 16.3 Å². The van der Waals surface area contributed by atoms with Crippen LogP contribution >= 0.6 is 27.5 Å². The zero-order valence-corrected chi connectivity index (χ0v) is 24.6. The molecular formula is C26H25BrClF3N4O4S. The summed E-state index contributed by atoms with van der Waals surface area (Å²) in [5.41, 5.74) is -3.50. The highest BCUT2D eigenvalue weighted by molar-refractivity contribution is 9.10. The van der Waals surface area contributed by atoms with Crippen molar-refractivity contribution in [3.63, 3.8) is 0 Å². The molecule has 0 unspecified atom stereocenters. The van der Waals surface area contributed by atoms with Crippen molar-refractivity contribution in [1.29, 1.82) is 0 Å². The quantitative estimate of drug-likeness (QED) is 0.174. The fraction of sp³-hybridized carbons (Fsp3) is 0.308. The second kappa shape index (κ2) is 11.8. The predicted octanol–water partition coefficient (Wildman–Crippen LogP) is 7.28. The Balaban J connectivity index is 1.75. The van der Waals surface area contributed by atoms with Crippen molar-refractivity contribution in [3.8, 4) is 11.3 Å². The first-order chi connectivity index (χ1) is 18.9. The fourth-order valence-corrected chi connectivity index (χ4v) is 5.72. The third kappa shape index (κ3) is 6.01. The lowest BCUT2D eigenvalue weighted by atomic mass is 10.1. The maximum absolute atomic E-state index is 13.0. The normalized spacial score (nSPS) is 12.2. The minimum absolute atomic E-state index is 0.0636. The number of carbonyl (C=O) groups is 1. The number of unbranched alkanes of at least 4 members (excludes halogenated alkanes) is 1. The van der Waals surface area contributed by atoms with Gasteiger partial charge in [-0.05, 0) is 53.0 Å². The van der Waals surface area contributed by atoms with Gasteiger partial charge in [-0.1, -0.05) is 49.2 Å². The highest BCUT2D eigenvalue weighted by Gasteiger charge is 2.46. The van der Waals surface area contributed by atoms with Gasteiger partial charge in [-0.25, -0.2) is 9.78 Å². The molecule has 2 aromatic carbocycles. The number of hydrogen-bond acceptors (Lipinski definition) is 5. The number of fused-ring (bicyclic) bond motifs is 1. The summed E-state index contributed by atoms with van der Waals surface area (Å²) in [7, 11) is -5.63. The van der Waals surface area contributed by atoms with E-state index in [0.29, 0.717) is 33.3 Å². The Hall–Kier alpha value is -3.03. The first-order valence-corrected chi connectivity index (χ1v) is 14.9. The number of hydrogen-bond donors (Lipinski definition) is 2. The summed E-state index contributed by atoms with van der Waals surface area (Å²) in [6.07, 6.45) is 2.38. The zero-order chi connectivity index (χ0) is 29.2. The van der Waals surface area contributed by atoms with E-state index in [1.165, 1.54) is 18.2 Å². The van der Waals surface area contributed by atoms with E-state index in [1.807, 2.05) is 19.1 Å². The number of aromatic nitrogens is 3. The first-order valence-electron chi connectivity index (χ1n) is 12.3. The van der Waals surface area contributed by atoms with E-state index in [1.54, 1.807) is 28.3 Å². The van der Waals surface area contributed by atoms with Crippen LogP contribution in [0.2, 0.25) is 5.15 Å². The molecule has 0 spiro atoms. The van der Waals surface area contributed by atoms with Gasteiger partial charge < -0.3 is 14.3 Å². The molecule has 4 rings (SSSR count). The number of anilines is 1. The van der Waals surface area contributed by atoms with Crippen molar-refractivity contribution >= 4 is 60.1 Å². The molecular weight excluding hydrogens is 637 g/mol. The van der Waals surface area contributed by atoms with Crippen LogP contribution in [-0.4, -0.2) is 41.0 Å². The number of alkyl halides is 3. The molecule has 8 nitrogen and oxygen atoms in total. The number of para-hydroxylation sites is 1. The Morgan fingerprint density at radius 3 is 2.60 bits per heavy atom. The number of sulfonamides is 1. The van der Waals surface area contributed by atoms with Crippen molar-refractivity contribution in [2.75, 3.05) is 11.3 Å². The minimum atomic E-state index is -5.63. The van der Waals surface area contributed by atoms with E-state index < -0.39 is 21.5 Å². The number of H-pyrrole nitrogens is 1. The topological polar surface area (TPSA) is 106 Å². The van der Waals surface area contributed by atoms with Crippen LogP contribution in [0.4, 0.5) is 18.9 Å². The maximum atomic E-state index is 13.0. The monoisotopic (exact) mass is 660 g/mol. The molecule has 0 atom stereocenters. The van der Waals surface area contributed by atoms with E-state index >= 15 is 0 Å². The van der Waals surface area contributed by atoms with Crippen LogP contribution in [0.3, 0.4) is 0 Å². The molecule has 2 N–H and O–H groups in total. The van der Waals surface area contributed by atoms with Gasteiger partial charge >= 0.3 is 21.5 Å². The number of aryl methyl sites for hydroxylation is 1. The third-order valence-electron chi connectivity index (χ3n) is 6.11. The summed E-state index contributed by atoms with van der Waals surface area (Å²) in [6.45, 7) is 4.18. The van der Waals surface area contributed by atoms with Gasteiger partial charge in [0.25, 0.3) is 0 Å². The Labute approximate surface area is 242 Å². The molecule has 0 saturated carbocycles. The van der Waals surface area contributed by atoms with Crippen LogP contribution in [0.15, 0.2) is 46.9 Å². The minimum Gasteiger partial charge on any atom is -0.461 e. The summed E-state index contributed by atoms with van der Waals surface area (Å²) in [6, 6.07) is 11.2. The molecule has 214 valence electrons. The Bertz CT molecular complexity index is 1670. The smallest absolute Gasteiger partial charge is 0.461 e. The van der Waals surface area contributed by atoms with Crippen LogP contribution in [0.25, 0.3) is 22.2 Å². The number of ether oxygens (including phenoxy) is 1. The summed E-state index contributed by atoms with van der Waals surface area (Å²) >= 11 is 9.87. The van der Waals surface area contributed by atoms with Crippen LogP contribution in [0.1, 0.15) is 48.6 Å². The highest BCUT2D eigenvalue weighted by Crippen LogP contribution is 2.39. The fourth-order valence-electron chi connectivity index (χ4n) is 4.22. The lowest BCUT2D eigenvalue weighted by Gasteiger charge is -2.13. The average molecular weight is 662 g/mol. The van der Waals surface area contributed by atoms with Crippen molar-refractivity contribution in [2.24, 2.45) is 0 Å². The number of benzene rings is 2. The standard InChI is InChI=1S/C26H25BrClF3N4O4S/c1-3-5-10-20-33-24(28)23(25(36)39-4-2)35(20)14-15-11-12-18-17(13-15)21(27)22(32-18)16-8-6-7-9-19(16)34-40(37,38)26(29,30)31/h6-9,11-13,32,34H,3-5,10,14H2,1-2H3. The number of aromatic amines is 1. The molecule has 2 aromatic heterocycles. The number of carbonyl (C=O) groups excluding carboxylic acids is 1. The number of rotatable bonds is 10. The summed E-state index contributed by atoms with van der Waals surface area (Å²) in [5.74, 6) is 0.0709. The summed E-state index contributed by atoms with van der Waals surface area (Å²) < 4.78 is 71.7. The van der Waals surface area contributed by atoms with Gasteiger partial charge in [0.2, 0.25) is 0 Å². The van der Waals surface area contributed by atoms with Gasteiger partial charge in [-0.2, -0.15) is 21.6 Å². The molecule has 2 heterocycles. The van der Waals surface area contributed by atoms with Gasteiger partial charge in [-0.3, -0.25) is 4.72 Å². The molecule has 40 heavy (non-hydrogen) atoms. The third-order valence-corrected chi connectivity index (χ3v) is 8.30. The van der Waals surface area contributed by atoms with E-state index in [-0.39, 0.29) is 35.2 Å². The predicted molar refractivity (Wildman–Crippen MR) is 151 cm³/mol. The van der Waals surface area contributed by atoms with Gasteiger partial charge in [0.1, 0.15) is 5.82 Å². The lowest BCUT2D eigenvalue weighted by Crippen LogP contribution is -2.30. The summed E-state index contributed by atoms with van der Waals surface area (Å²) in [4.78, 5) is 20.2. The van der Waals surface area contributed by atoms with Crippen molar-refractivity contribution < 1.29 is 31.1 Å². The van der Waals surface area contributed by atoms with Gasteiger partial charge in [-0.15, -0.1) is 0 Å². The Morgan fingerprint density at radius 2 is 1.93 bits per heavy atom. The van der Waals surface area contributed by atoms with Crippen LogP contribution in [-0.2, 0) is 27.7 Å². The van der Waals surface area contributed by atoms with Crippen molar-refractivity contribution in [3.05, 3.63) is 69.2 Å². The lowest BCUT2D eigenvalue weighted by molar-refractivity contribution is -0.0429. The second-order valence-corrected chi connectivity index (χ2v) is 11.7. The number of nitrogens with zero attached hydrogens (tertiary/aromatic N) is 2. The molecule has 0 saturated heterocycles. The zero-order valence-electron chi connectivity index (χ0n) is 21.4. The molecule has 0 bridgehead atoms. The van der Waals surface area contributed by atoms with Crippen molar-refractivity contribution in [2.45, 2.75) is 45.2 Å². The molecule has 4 aromatic rings. The van der Waals surface area contributed by atoms with Crippen LogP contribution < -0.4 is 4.72 Å². The van der Waals surface area contributed by atoms with E-state index in [2.05, 4.69) is 25.9 Å². The van der Waals surface area contributed by atoms with Crippen LogP contribution in [0.5, 0.6) is 0 Å². The first kappa shape index (κ1) is 29.9. The maximum Gasteiger partial charge on any atom is 0.516 e. The number of imidazole rings is 1. The van der Waals surface area contributed by atoms with E-state index in [0.717, 1.165) is 18.4 Å². The number of halogens is 5. The van der Waals surface area contributed by atoms with Crippen LogP contribution in [0, 0.1) is 0 Å². The SMILES string of the molecule is CCCCc1nc(Cl)c(C(=O)OCC)n1Cc1ccc2[nH]c(-c3ccccc3NS(=O)(=O)C(F)(F)F)c(Br)c2c1. The molecule has 0 fully saturated rings.